The summed E-state index contributed by atoms with van der Waals surface area (Å²) in [6.07, 6.45) is -1.27. The molecule has 0 spiro atoms. The van der Waals surface area contributed by atoms with Crippen molar-refractivity contribution in [3.8, 4) is 0 Å². The first kappa shape index (κ1) is 12.8. The highest BCUT2D eigenvalue weighted by Crippen LogP contribution is 2.29. The molecule has 2 aromatic heterocycles. The van der Waals surface area contributed by atoms with Gasteiger partial charge in [0, 0.05) is 6.54 Å². The minimum absolute atomic E-state index is 0.114. The Morgan fingerprint density at radius 2 is 2.10 bits per heavy atom. The lowest BCUT2D eigenvalue weighted by molar-refractivity contribution is -0.141. The number of aromatic nitrogens is 5. The van der Waals surface area contributed by atoms with Crippen LogP contribution in [0.25, 0.3) is 0 Å². The zero-order chi connectivity index (χ0) is 14.2. The molecule has 0 saturated heterocycles. The van der Waals surface area contributed by atoms with Gasteiger partial charge in [-0.3, -0.25) is 0 Å². The number of rotatable bonds is 2. The van der Waals surface area contributed by atoms with E-state index in [1.165, 1.54) is 12.4 Å². The Morgan fingerprint density at radius 1 is 1.25 bits per heavy atom. The molecule has 9 heteroatoms. The average Bonchev–Trinajstić information content (AvgIpc) is 2.88. The van der Waals surface area contributed by atoms with Gasteiger partial charge in [0.25, 0.3) is 0 Å². The van der Waals surface area contributed by atoms with Gasteiger partial charge in [-0.1, -0.05) is 0 Å². The van der Waals surface area contributed by atoms with Gasteiger partial charge >= 0.3 is 6.18 Å². The molecule has 1 unspecified atom stereocenters. The molecule has 0 bridgehead atoms. The molecule has 0 radical (unpaired) electrons. The third kappa shape index (κ3) is 2.43. The molecular formula is C11H11F3N6. The molecule has 3 heterocycles. The van der Waals surface area contributed by atoms with E-state index >= 15 is 0 Å². The second-order valence-corrected chi connectivity index (χ2v) is 4.48. The Hall–Kier alpha value is -2.19. The molecule has 0 saturated carbocycles. The van der Waals surface area contributed by atoms with Gasteiger partial charge in [0.1, 0.15) is 18.0 Å². The number of aryl methyl sites for hydroxylation is 1. The van der Waals surface area contributed by atoms with Gasteiger partial charge in [-0.25, -0.2) is 9.67 Å². The number of anilines is 1. The normalized spacial score (nSPS) is 18.6. The Morgan fingerprint density at radius 3 is 2.80 bits per heavy atom. The monoisotopic (exact) mass is 284 g/mol. The number of nitrogens with zero attached hydrogens (tertiary/aromatic N) is 5. The van der Waals surface area contributed by atoms with Crippen molar-refractivity contribution in [3.05, 3.63) is 30.0 Å². The van der Waals surface area contributed by atoms with Crippen LogP contribution in [0.4, 0.5) is 19.0 Å². The summed E-state index contributed by atoms with van der Waals surface area (Å²) in [5.41, 5.74) is -1.00. The maximum absolute atomic E-state index is 12.4. The van der Waals surface area contributed by atoms with Crippen LogP contribution in [0, 0.1) is 0 Å². The highest BCUT2D eigenvalue weighted by Gasteiger charge is 2.33. The molecule has 106 valence electrons. The molecule has 1 atom stereocenters. The number of fused-ring (bicyclic) bond motifs is 1. The summed E-state index contributed by atoms with van der Waals surface area (Å²) >= 11 is 0. The molecule has 1 N–H and O–H groups in total. The number of hydrogen-bond acceptors (Lipinski definition) is 5. The van der Waals surface area contributed by atoms with E-state index in [0.29, 0.717) is 5.82 Å². The third-order valence-corrected chi connectivity index (χ3v) is 3.10. The van der Waals surface area contributed by atoms with Crippen molar-refractivity contribution >= 4 is 5.82 Å². The zero-order valence-corrected chi connectivity index (χ0v) is 10.3. The van der Waals surface area contributed by atoms with Crippen molar-refractivity contribution in [1.29, 1.82) is 0 Å². The van der Waals surface area contributed by atoms with Crippen LogP contribution in [0.15, 0.2) is 18.5 Å². The van der Waals surface area contributed by atoms with Gasteiger partial charge in [-0.2, -0.15) is 18.3 Å². The van der Waals surface area contributed by atoms with Gasteiger partial charge in [0.15, 0.2) is 5.69 Å². The number of nitrogens with one attached hydrogen (secondary N) is 1. The number of halogens is 3. The van der Waals surface area contributed by atoms with Gasteiger partial charge in [0.05, 0.1) is 6.04 Å². The topological polar surface area (TPSA) is 68.5 Å². The first-order valence-corrected chi connectivity index (χ1v) is 6.09. The summed E-state index contributed by atoms with van der Waals surface area (Å²) in [5.74, 6) is 1.05. The van der Waals surface area contributed by atoms with Crippen LogP contribution in [0.2, 0.25) is 0 Å². The average molecular weight is 284 g/mol. The van der Waals surface area contributed by atoms with E-state index in [1.807, 2.05) is 0 Å². The molecule has 20 heavy (non-hydrogen) atoms. The first-order chi connectivity index (χ1) is 9.54. The summed E-state index contributed by atoms with van der Waals surface area (Å²) in [6.45, 7) is 0.798. The van der Waals surface area contributed by atoms with Crippen LogP contribution in [-0.2, 0) is 12.7 Å². The molecule has 1 aliphatic heterocycles. The van der Waals surface area contributed by atoms with Gasteiger partial charge in [-0.05, 0) is 25.0 Å². The van der Waals surface area contributed by atoms with Crippen LogP contribution >= 0.6 is 0 Å². The zero-order valence-electron chi connectivity index (χ0n) is 10.3. The summed E-state index contributed by atoms with van der Waals surface area (Å²) in [7, 11) is 0. The van der Waals surface area contributed by atoms with Gasteiger partial charge in [0.2, 0.25) is 0 Å². The highest BCUT2D eigenvalue weighted by atomic mass is 19.4. The fraction of sp³-hybridized carbons (Fsp3) is 0.455. The summed E-state index contributed by atoms with van der Waals surface area (Å²) in [6, 6.07) is 2.06. The largest absolute Gasteiger partial charge is 0.435 e. The fourth-order valence-corrected chi connectivity index (χ4v) is 2.17. The van der Waals surface area contributed by atoms with Crippen molar-refractivity contribution < 1.29 is 13.2 Å². The quantitative estimate of drug-likeness (QED) is 0.914. The fourth-order valence-electron chi connectivity index (χ4n) is 2.17. The lowest BCUT2D eigenvalue weighted by Gasteiger charge is -2.23. The van der Waals surface area contributed by atoms with E-state index in [-0.39, 0.29) is 6.04 Å². The van der Waals surface area contributed by atoms with Crippen LogP contribution < -0.4 is 5.32 Å². The lowest BCUT2D eigenvalue weighted by Crippen LogP contribution is -2.23. The van der Waals surface area contributed by atoms with Gasteiger partial charge in [-0.15, -0.1) is 10.2 Å². The third-order valence-electron chi connectivity index (χ3n) is 3.10. The predicted octanol–water partition coefficient (Wildman–Crippen LogP) is 2.03. The van der Waals surface area contributed by atoms with E-state index in [9.17, 15) is 13.2 Å². The van der Waals surface area contributed by atoms with Crippen LogP contribution in [0.1, 0.15) is 30.4 Å². The maximum Gasteiger partial charge on any atom is 0.435 e. The first-order valence-electron chi connectivity index (χ1n) is 6.09. The molecule has 1 aliphatic rings. The van der Waals surface area contributed by atoms with E-state index < -0.39 is 11.9 Å². The highest BCUT2D eigenvalue weighted by molar-refractivity contribution is 5.36. The predicted molar refractivity (Wildman–Crippen MR) is 62.7 cm³/mol. The van der Waals surface area contributed by atoms with Crippen molar-refractivity contribution in [2.45, 2.75) is 31.6 Å². The maximum atomic E-state index is 12.4. The van der Waals surface area contributed by atoms with Crippen molar-refractivity contribution in [2.75, 3.05) is 5.32 Å². The van der Waals surface area contributed by atoms with Crippen molar-refractivity contribution in [3.63, 3.8) is 0 Å². The lowest BCUT2D eigenvalue weighted by atomic mass is 10.1. The second-order valence-electron chi connectivity index (χ2n) is 4.48. The van der Waals surface area contributed by atoms with E-state index in [1.54, 1.807) is 4.68 Å². The Bertz CT molecular complexity index is 591. The molecule has 2 aromatic rings. The molecule has 0 amide bonds. The summed E-state index contributed by atoms with van der Waals surface area (Å²) in [4.78, 5) is 4.15. The molecule has 3 rings (SSSR count). The van der Waals surface area contributed by atoms with Crippen molar-refractivity contribution in [2.24, 2.45) is 0 Å². The van der Waals surface area contributed by atoms with Crippen LogP contribution in [0.3, 0.4) is 0 Å². The molecule has 0 fully saturated rings. The molecule has 0 aromatic carbocycles. The van der Waals surface area contributed by atoms with E-state index in [2.05, 4.69) is 25.6 Å². The molecule has 0 aliphatic carbocycles. The van der Waals surface area contributed by atoms with E-state index in [4.69, 9.17) is 0 Å². The number of alkyl halides is 3. The molecule has 6 nitrogen and oxygen atoms in total. The minimum Gasteiger partial charge on any atom is -0.359 e. The Balaban J connectivity index is 1.77. The Kier molecular flexibility index (Phi) is 3.03. The second kappa shape index (κ2) is 4.73. The summed E-state index contributed by atoms with van der Waals surface area (Å²) in [5, 5.41) is 13.9. The van der Waals surface area contributed by atoms with E-state index in [0.717, 1.165) is 31.3 Å². The summed E-state index contributed by atoms with van der Waals surface area (Å²) < 4.78 is 38.9. The Labute approximate surface area is 112 Å². The van der Waals surface area contributed by atoms with Crippen LogP contribution in [-0.4, -0.2) is 25.0 Å². The minimum atomic E-state index is -4.48. The van der Waals surface area contributed by atoms with Crippen LogP contribution in [0.5, 0.6) is 0 Å². The SMILES string of the molecule is FC(F)(F)c1ccc(NC2CCCn3ncnc32)nn1. The van der Waals surface area contributed by atoms with Gasteiger partial charge < -0.3 is 5.32 Å². The number of hydrogen-bond donors (Lipinski definition) is 1. The van der Waals surface area contributed by atoms with Crippen molar-refractivity contribution in [1.82, 2.24) is 25.0 Å². The standard InChI is InChI=1S/C11H11F3N6/c12-11(13,14)8-3-4-9(19-18-8)17-7-2-1-5-20-10(7)15-6-16-20/h3-4,6-7H,1-2,5H2,(H,17,19). The smallest absolute Gasteiger partial charge is 0.359 e. The molecular weight excluding hydrogens is 273 g/mol.